The number of rotatable bonds is 7. The summed E-state index contributed by atoms with van der Waals surface area (Å²) in [6.07, 6.45) is 1.71. The first kappa shape index (κ1) is 20.5. The molecule has 1 amide bonds. The molecule has 1 unspecified atom stereocenters. The number of aryl methyl sites for hydroxylation is 1. The molecule has 2 heterocycles. The highest BCUT2D eigenvalue weighted by molar-refractivity contribution is 9.10. The van der Waals surface area contributed by atoms with Gasteiger partial charge in [-0.2, -0.15) is 4.98 Å². The van der Waals surface area contributed by atoms with E-state index in [9.17, 15) is 9.18 Å². The third kappa shape index (κ3) is 5.24. The lowest BCUT2D eigenvalue weighted by atomic mass is 10.1. The average molecular weight is 473 g/mol. The van der Waals surface area contributed by atoms with Crippen molar-refractivity contribution in [2.45, 2.75) is 19.3 Å². The normalized spacial score (nSPS) is 16.1. The fourth-order valence-corrected chi connectivity index (χ4v) is 3.93. The Labute approximate surface area is 182 Å². The number of carbonyl (C=O) groups is 1. The lowest BCUT2D eigenvalue weighted by molar-refractivity contribution is -0.121. The van der Waals surface area contributed by atoms with E-state index in [0.717, 1.165) is 24.0 Å². The van der Waals surface area contributed by atoms with Gasteiger partial charge < -0.3 is 14.7 Å². The lowest BCUT2D eigenvalue weighted by Gasteiger charge is -2.19. The molecule has 1 aliphatic rings. The van der Waals surface area contributed by atoms with E-state index in [2.05, 4.69) is 48.4 Å². The molecule has 1 aliphatic heterocycles. The first-order valence-electron chi connectivity index (χ1n) is 9.92. The summed E-state index contributed by atoms with van der Waals surface area (Å²) in [5.41, 5.74) is 1.87. The maximum Gasteiger partial charge on any atom is 0.227 e. The third-order valence-electron chi connectivity index (χ3n) is 5.18. The summed E-state index contributed by atoms with van der Waals surface area (Å²) in [5.74, 6) is 0.871. The van der Waals surface area contributed by atoms with Crippen LogP contribution in [0.2, 0.25) is 0 Å². The Bertz CT molecular complexity index is 1010. The molecule has 6 nitrogen and oxygen atoms in total. The van der Waals surface area contributed by atoms with Gasteiger partial charge in [0.2, 0.25) is 17.6 Å². The third-order valence-corrected chi connectivity index (χ3v) is 5.68. The van der Waals surface area contributed by atoms with E-state index in [-0.39, 0.29) is 18.1 Å². The number of hydrogen-bond acceptors (Lipinski definition) is 5. The monoisotopic (exact) mass is 472 g/mol. The van der Waals surface area contributed by atoms with Gasteiger partial charge in [-0.25, -0.2) is 4.39 Å². The van der Waals surface area contributed by atoms with E-state index in [0.29, 0.717) is 36.2 Å². The maximum absolute atomic E-state index is 13.0. The van der Waals surface area contributed by atoms with Crippen molar-refractivity contribution in [3.05, 3.63) is 64.7 Å². The molecule has 0 spiro atoms. The van der Waals surface area contributed by atoms with Crippen LogP contribution in [0.5, 0.6) is 0 Å². The Morgan fingerprint density at radius 3 is 2.90 bits per heavy atom. The summed E-state index contributed by atoms with van der Waals surface area (Å²) in [5, 5.41) is 6.91. The SMILES string of the molecule is O=C(CCc1nc(-c2ccc(F)cc2)no1)NCC1CCN(c2cccc(Br)c2)C1. The number of carbonyl (C=O) groups excluding carboxylic acids is 1. The van der Waals surface area contributed by atoms with Gasteiger partial charge in [0.1, 0.15) is 5.82 Å². The van der Waals surface area contributed by atoms with Crippen LogP contribution in [0.4, 0.5) is 10.1 Å². The van der Waals surface area contributed by atoms with Crippen molar-refractivity contribution in [1.82, 2.24) is 15.5 Å². The zero-order valence-electron chi connectivity index (χ0n) is 16.4. The Hall–Kier alpha value is -2.74. The molecule has 8 heteroatoms. The van der Waals surface area contributed by atoms with E-state index < -0.39 is 0 Å². The molecule has 2 aromatic carbocycles. The average Bonchev–Trinajstić information content (AvgIpc) is 3.41. The molecule has 3 aromatic rings. The first-order chi connectivity index (χ1) is 14.6. The topological polar surface area (TPSA) is 71.3 Å². The molecule has 156 valence electrons. The Kier molecular flexibility index (Phi) is 6.42. The van der Waals surface area contributed by atoms with Gasteiger partial charge in [-0.3, -0.25) is 4.79 Å². The number of halogens is 2. The number of amides is 1. The zero-order chi connectivity index (χ0) is 20.9. The van der Waals surface area contributed by atoms with E-state index in [1.54, 1.807) is 12.1 Å². The van der Waals surface area contributed by atoms with Crippen LogP contribution in [0.1, 0.15) is 18.7 Å². The summed E-state index contributed by atoms with van der Waals surface area (Å²) in [4.78, 5) is 18.8. The summed E-state index contributed by atoms with van der Waals surface area (Å²) >= 11 is 3.51. The van der Waals surface area contributed by atoms with Crippen molar-refractivity contribution in [3.8, 4) is 11.4 Å². The van der Waals surface area contributed by atoms with E-state index in [4.69, 9.17) is 4.52 Å². The van der Waals surface area contributed by atoms with Crippen molar-refractivity contribution >= 4 is 27.5 Å². The number of aromatic nitrogens is 2. The van der Waals surface area contributed by atoms with Gasteiger partial charge in [0.05, 0.1) is 0 Å². The molecule has 1 N–H and O–H groups in total. The molecule has 0 radical (unpaired) electrons. The van der Waals surface area contributed by atoms with Crippen molar-refractivity contribution in [2.75, 3.05) is 24.5 Å². The lowest BCUT2D eigenvalue weighted by Crippen LogP contribution is -2.31. The molecule has 4 rings (SSSR count). The summed E-state index contributed by atoms with van der Waals surface area (Å²) < 4.78 is 19.3. The van der Waals surface area contributed by atoms with Crippen molar-refractivity contribution < 1.29 is 13.7 Å². The molecule has 0 saturated carbocycles. The largest absolute Gasteiger partial charge is 0.371 e. The van der Waals surface area contributed by atoms with Crippen LogP contribution >= 0.6 is 15.9 Å². The second-order valence-corrected chi connectivity index (χ2v) is 8.32. The fraction of sp³-hybridized carbons (Fsp3) is 0.318. The minimum Gasteiger partial charge on any atom is -0.371 e. The van der Waals surface area contributed by atoms with Crippen LogP contribution in [0.3, 0.4) is 0 Å². The summed E-state index contributed by atoms with van der Waals surface area (Å²) in [6.45, 7) is 2.58. The Balaban J connectivity index is 1.21. The number of nitrogens with zero attached hydrogens (tertiary/aromatic N) is 3. The van der Waals surface area contributed by atoms with Gasteiger partial charge in [0.25, 0.3) is 0 Å². The molecular formula is C22H22BrFN4O2. The summed E-state index contributed by atoms with van der Waals surface area (Å²) in [6, 6.07) is 14.2. The predicted molar refractivity (Wildman–Crippen MR) is 115 cm³/mol. The molecule has 30 heavy (non-hydrogen) atoms. The predicted octanol–water partition coefficient (Wildman–Crippen LogP) is 4.21. The van der Waals surface area contributed by atoms with Gasteiger partial charge >= 0.3 is 0 Å². The number of hydrogen-bond donors (Lipinski definition) is 1. The molecule has 0 aliphatic carbocycles. The van der Waals surface area contributed by atoms with Gasteiger partial charge in [0.15, 0.2) is 0 Å². The van der Waals surface area contributed by atoms with Gasteiger partial charge in [-0.1, -0.05) is 27.2 Å². The van der Waals surface area contributed by atoms with Gasteiger partial charge in [-0.15, -0.1) is 0 Å². The van der Waals surface area contributed by atoms with Crippen molar-refractivity contribution in [1.29, 1.82) is 0 Å². The van der Waals surface area contributed by atoms with Crippen LogP contribution in [0.25, 0.3) is 11.4 Å². The minimum absolute atomic E-state index is 0.0302. The van der Waals surface area contributed by atoms with Crippen LogP contribution in [-0.4, -0.2) is 35.7 Å². The Morgan fingerprint density at radius 1 is 1.27 bits per heavy atom. The van der Waals surface area contributed by atoms with Crippen LogP contribution in [0.15, 0.2) is 57.5 Å². The van der Waals surface area contributed by atoms with Crippen molar-refractivity contribution in [2.24, 2.45) is 5.92 Å². The highest BCUT2D eigenvalue weighted by Gasteiger charge is 2.23. The van der Waals surface area contributed by atoms with Crippen LogP contribution in [-0.2, 0) is 11.2 Å². The Morgan fingerprint density at radius 2 is 2.10 bits per heavy atom. The smallest absolute Gasteiger partial charge is 0.227 e. The van der Waals surface area contributed by atoms with E-state index in [1.807, 2.05) is 12.1 Å². The van der Waals surface area contributed by atoms with Crippen LogP contribution in [0, 0.1) is 11.7 Å². The van der Waals surface area contributed by atoms with E-state index >= 15 is 0 Å². The van der Waals surface area contributed by atoms with Gasteiger partial charge in [-0.05, 0) is 54.8 Å². The molecule has 1 atom stereocenters. The molecule has 0 bridgehead atoms. The highest BCUT2D eigenvalue weighted by Crippen LogP contribution is 2.26. The van der Waals surface area contributed by atoms with Gasteiger partial charge in [0, 0.05) is 48.2 Å². The maximum atomic E-state index is 13.0. The number of benzene rings is 2. The van der Waals surface area contributed by atoms with E-state index in [1.165, 1.54) is 17.8 Å². The fourth-order valence-electron chi connectivity index (χ4n) is 3.55. The second kappa shape index (κ2) is 9.38. The zero-order valence-corrected chi connectivity index (χ0v) is 17.9. The highest BCUT2D eigenvalue weighted by atomic mass is 79.9. The quantitative estimate of drug-likeness (QED) is 0.557. The molecule has 1 aromatic heterocycles. The minimum atomic E-state index is -0.318. The molecular weight excluding hydrogens is 451 g/mol. The number of anilines is 1. The molecule has 1 fully saturated rings. The first-order valence-corrected chi connectivity index (χ1v) is 10.7. The standard InChI is InChI=1S/C22H22BrFN4O2/c23-17-2-1-3-19(12-17)28-11-10-15(14-28)13-25-20(29)8-9-21-26-22(27-30-21)16-4-6-18(24)7-5-16/h1-7,12,15H,8-11,13-14H2,(H,25,29). The molecule has 1 saturated heterocycles. The number of nitrogens with one attached hydrogen (secondary N) is 1. The van der Waals surface area contributed by atoms with Crippen molar-refractivity contribution in [3.63, 3.8) is 0 Å². The second-order valence-electron chi connectivity index (χ2n) is 7.40. The summed E-state index contributed by atoms with van der Waals surface area (Å²) in [7, 11) is 0. The van der Waals surface area contributed by atoms with Crippen LogP contribution < -0.4 is 10.2 Å².